The fourth-order valence-corrected chi connectivity index (χ4v) is 2.37. The third-order valence-electron chi connectivity index (χ3n) is 3.10. The second-order valence-electron chi connectivity index (χ2n) is 5.10. The molecule has 0 atom stereocenters. The molecular weight excluding hydrogens is 262 g/mol. The van der Waals surface area contributed by atoms with Gasteiger partial charge in [0, 0.05) is 28.0 Å². The van der Waals surface area contributed by atoms with Crippen LogP contribution in [0.25, 0.3) is 0 Å². The number of hydrogen-bond acceptors (Lipinski definition) is 3. The Hall–Kier alpha value is -1.62. The Morgan fingerprint density at radius 2 is 1.95 bits per heavy atom. The van der Waals surface area contributed by atoms with Crippen molar-refractivity contribution in [3.8, 4) is 0 Å². The Bertz CT molecular complexity index is 501. The molecule has 1 amide bonds. The van der Waals surface area contributed by atoms with Crippen LogP contribution in [0.15, 0.2) is 28.7 Å². The zero-order valence-electron chi connectivity index (χ0n) is 11.6. The molecule has 0 aliphatic carbocycles. The molecule has 0 fully saturated rings. The van der Waals surface area contributed by atoms with Crippen LogP contribution in [0.1, 0.15) is 32.6 Å². The van der Waals surface area contributed by atoms with Crippen molar-refractivity contribution in [3.05, 3.63) is 33.5 Å². The van der Waals surface area contributed by atoms with Gasteiger partial charge < -0.3 is 10.4 Å². The molecule has 0 radical (unpaired) electrons. The van der Waals surface area contributed by atoms with E-state index in [0.717, 1.165) is 0 Å². The Labute approximate surface area is 117 Å². The van der Waals surface area contributed by atoms with Gasteiger partial charge >= 0.3 is 5.97 Å². The minimum Gasteiger partial charge on any atom is -0.478 e. The number of carbonyl (C=O) groups excluding carboxylic acids is 1. The number of carbonyl (C=O) groups is 2. The van der Waals surface area contributed by atoms with E-state index in [1.807, 2.05) is 31.4 Å². The van der Waals surface area contributed by atoms with E-state index in [-0.39, 0.29) is 22.5 Å². The van der Waals surface area contributed by atoms with Crippen LogP contribution in [-0.4, -0.2) is 23.5 Å². The minimum atomic E-state index is -1.06. The lowest BCUT2D eigenvalue weighted by Gasteiger charge is -2.23. The molecule has 0 unspecified atom stereocenters. The first kappa shape index (κ1) is 15.4. The molecule has 0 bridgehead atoms. The summed E-state index contributed by atoms with van der Waals surface area (Å²) >= 11 is 1.64. The number of nitrogens with one attached hydrogen (secondary N) is 1. The smallest absolute Gasteiger partial charge is 0.331 e. The van der Waals surface area contributed by atoms with E-state index in [1.165, 1.54) is 18.7 Å². The number of amides is 1. The summed E-state index contributed by atoms with van der Waals surface area (Å²) < 4.78 is 0. The van der Waals surface area contributed by atoms with Crippen molar-refractivity contribution < 1.29 is 14.7 Å². The highest BCUT2D eigenvalue weighted by Gasteiger charge is 2.23. The molecule has 1 rings (SSSR count). The molecule has 2 N–H and O–H groups in total. The van der Waals surface area contributed by atoms with E-state index in [4.69, 9.17) is 5.11 Å². The molecule has 1 aromatic heterocycles. The molecule has 0 spiro atoms. The van der Waals surface area contributed by atoms with Crippen molar-refractivity contribution in [2.24, 2.45) is 0 Å². The van der Waals surface area contributed by atoms with Crippen molar-refractivity contribution in [1.82, 2.24) is 5.32 Å². The Balaban J connectivity index is 2.70. The second kappa shape index (κ2) is 6.02. The van der Waals surface area contributed by atoms with E-state index >= 15 is 0 Å². The average molecular weight is 281 g/mol. The summed E-state index contributed by atoms with van der Waals surface area (Å²) in [6, 6.07) is 4.01. The normalized spacial score (nSPS) is 12.8. The summed E-state index contributed by atoms with van der Waals surface area (Å²) in [5, 5.41) is 13.6. The SMILES string of the molecule is C/C(C(=O)O)=C(/C)C(=O)NCC(C)(C)c1cccs1. The molecule has 104 valence electrons. The summed E-state index contributed by atoms with van der Waals surface area (Å²) in [6.45, 7) is 7.51. The molecule has 5 heteroatoms. The summed E-state index contributed by atoms with van der Waals surface area (Å²) in [5.74, 6) is -1.39. The van der Waals surface area contributed by atoms with Gasteiger partial charge in [-0.05, 0) is 25.3 Å². The minimum absolute atomic E-state index is 0.0754. The van der Waals surface area contributed by atoms with Crippen LogP contribution in [0.3, 0.4) is 0 Å². The number of carboxylic acids is 1. The zero-order valence-corrected chi connectivity index (χ0v) is 12.4. The number of thiophene rings is 1. The fraction of sp³-hybridized carbons (Fsp3) is 0.429. The van der Waals surface area contributed by atoms with Crippen LogP contribution < -0.4 is 5.32 Å². The van der Waals surface area contributed by atoms with Crippen LogP contribution in [0, 0.1) is 0 Å². The second-order valence-corrected chi connectivity index (χ2v) is 6.05. The Kier molecular flexibility index (Phi) is 4.89. The summed E-state index contributed by atoms with van der Waals surface area (Å²) in [7, 11) is 0. The highest BCUT2D eigenvalue weighted by Crippen LogP contribution is 2.26. The van der Waals surface area contributed by atoms with Gasteiger partial charge in [0.25, 0.3) is 0 Å². The molecule has 0 aromatic carbocycles. The van der Waals surface area contributed by atoms with Gasteiger partial charge in [0.1, 0.15) is 0 Å². The van der Waals surface area contributed by atoms with Crippen LogP contribution in [0.4, 0.5) is 0 Å². The molecule has 0 saturated carbocycles. The summed E-state index contributed by atoms with van der Waals surface area (Å²) in [5.41, 5.74) is 0.155. The van der Waals surface area contributed by atoms with Gasteiger partial charge in [-0.1, -0.05) is 19.9 Å². The number of carboxylic acid groups (broad SMARTS) is 1. The van der Waals surface area contributed by atoms with E-state index in [2.05, 4.69) is 5.32 Å². The van der Waals surface area contributed by atoms with Gasteiger partial charge in [0.2, 0.25) is 5.91 Å². The van der Waals surface area contributed by atoms with Crippen molar-refractivity contribution in [3.63, 3.8) is 0 Å². The topological polar surface area (TPSA) is 66.4 Å². The monoisotopic (exact) mass is 281 g/mol. The van der Waals surface area contributed by atoms with E-state index < -0.39 is 5.97 Å². The van der Waals surface area contributed by atoms with Gasteiger partial charge in [0.15, 0.2) is 0 Å². The highest BCUT2D eigenvalue weighted by atomic mass is 32.1. The van der Waals surface area contributed by atoms with Crippen molar-refractivity contribution in [2.75, 3.05) is 6.54 Å². The molecular formula is C14H19NO3S. The molecule has 19 heavy (non-hydrogen) atoms. The molecule has 0 aliphatic heterocycles. The molecule has 0 saturated heterocycles. The zero-order chi connectivity index (χ0) is 14.6. The third kappa shape index (κ3) is 3.92. The molecule has 4 nitrogen and oxygen atoms in total. The van der Waals surface area contributed by atoms with Gasteiger partial charge in [-0.15, -0.1) is 11.3 Å². The largest absolute Gasteiger partial charge is 0.478 e. The maximum absolute atomic E-state index is 11.9. The van der Waals surface area contributed by atoms with E-state index in [9.17, 15) is 9.59 Å². The predicted octanol–water partition coefficient (Wildman–Crippen LogP) is 2.56. The fourth-order valence-electron chi connectivity index (χ4n) is 1.52. The van der Waals surface area contributed by atoms with Gasteiger partial charge in [0.05, 0.1) is 0 Å². The van der Waals surface area contributed by atoms with Gasteiger partial charge in [-0.2, -0.15) is 0 Å². The first-order valence-corrected chi connectivity index (χ1v) is 6.86. The summed E-state index contributed by atoms with van der Waals surface area (Å²) in [4.78, 5) is 23.9. The maximum Gasteiger partial charge on any atom is 0.331 e. The molecule has 0 aliphatic rings. The quantitative estimate of drug-likeness (QED) is 0.815. The van der Waals surface area contributed by atoms with E-state index in [1.54, 1.807) is 11.3 Å². The standard InChI is InChI=1S/C14H19NO3S/c1-9(10(2)13(17)18)12(16)15-8-14(3,4)11-6-5-7-19-11/h5-7H,8H2,1-4H3,(H,15,16)(H,17,18)/b10-9+. The van der Waals surface area contributed by atoms with Crippen molar-refractivity contribution >= 4 is 23.2 Å². The van der Waals surface area contributed by atoms with Crippen molar-refractivity contribution in [1.29, 1.82) is 0 Å². The first-order valence-electron chi connectivity index (χ1n) is 5.98. The molecule has 1 aromatic rings. The first-order chi connectivity index (χ1) is 8.75. The number of hydrogen-bond donors (Lipinski definition) is 2. The van der Waals surface area contributed by atoms with E-state index in [0.29, 0.717) is 6.54 Å². The Morgan fingerprint density at radius 1 is 1.32 bits per heavy atom. The Morgan fingerprint density at radius 3 is 2.42 bits per heavy atom. The van der Waals surface area contributed by atoms with Gasteiger partial charge in [-0.25, -0.2) is 4.79 Å². The predicted molar refractivity (Wildman–Crippen MR) is 76.4 cm³/mol. The summed E-state index contributed by atoms with van der Waals surface area (Å²) in [6.07, 6.45) is 0. The van der Waals surface area contributed by atoms with Crippen LogP contribution in [0.2, 0.25) is 0 Å². The number of aliphatic carboxylic acids is 1. The number of rotatable bonds is 5. The highest BCUT2D eigenvalue weighted by molar-refractivity contribution is 7.10. The van der Waals surface area contributed by atoms with Crippen LogP contribution in [0.5, 0.6) is 0 Å². The van der Waals surface area contributed by atoms with Gasteiger partial charge in [-0.3, -0.25) is 4.79 Å². The third-order valence-corrected chi connectivity index (χ3v) is 4.34. The van der Waals surface area contributed by atoms with Crippen LogP contribution in [-0.2, 0) is 15.0 Å². The lowest BCUT2D eigenvalue weighted by Crippen LogP contribution is -2.37. The lowest BCUT2D eigenvalue weighted by atomic mass is 9.91. The average Bonchev–Trinajstić information content (AvgIpc) is 2.88. The maximum atomic E-state index is 11.9. The lowest BCUT2D eigenvalue weighted by molar-refractivity contribution is -0.133. The molecule has 1 heterocycles. The van der Waals surface area contributed by atoms with Crippen molar-refractivity contribution in [2.45, 2.75) is 33.1 Å². The van der Waals surface area contributed by atoms with Crippen LogP contribution >= 0.6 is 11.3 Å².